The Hall–Kier alpha value is -3.43. The number of aryl methyl sites for hydroxylation is 2. The van der Waals surface area contributed by atoms with Gasteiger partial charge in [-0.25, -0.2) is 4.98 Å². The number of carbonyl (C=O) groups is 1. The normalized spacial score (nSPS) is 18.7. The summed E-state index contributed by atoms with van der Waals surface area (Å²) in [5, 5.41) is 11.6. The summed E-state index contributed by atoms with van der Waals surface area (Å²) in [5.74, 6) is 0.431. The average molecular weight is 473 g/mol. The van der Waals surface area contributed by atoms with Gasteiger partial charge < -0.3 is 10.2 Å². The van der Waals surface area contributed by atoms with Gasteiger partial charge in [0, 0.05) is 19.3 Å². The molecule has 10 heteroatoms. The van der Waals surface area contributed by atoms with E-state index in [1.807, 2.05) is 30.9 Å². The molecule has 1 aliphatic heterocycles. The molecule has 7 nitrogen and oxygen atoms in total. The van der Waals surface area contributed by atoms with Gasteiger partial charge in [0.15, 0.2) is 0 Å². The zero-order chi connectivity index (χ0) is 24.5. The fourth-order valence-corrected chi connectivity index (χ4v) is 4.56. The highest BCUT2D eigenvalue weighted by atomic mass is 19.4. The van der Waals surface area contributed by atoms with E-state index in [0.29, 0.717) is 30.2 Å². The highest BCUT2D eigenvalue weighted by molar-refractivity contribution is 5.98. The summed E-state index contributed by atoms with van der Waals surface area (Å²) >= 11 is 0. The van der Waals surface area contributed by atoms with Crippen LogP contribution >= 0.6 is 0 Å². The Bertz CT molecular complexity index is 1140. The van der Waals surface area contributed by atoms with Gasteiger partial charge in [-0.3, -0.25) is 4.79 Å². The van der Waals surface area contributed by atoms with Crippen molar-refractivity contribution in [2.24, 2.45) is 5.92 Å². The number of nitrogens with one attached hydrogen (secondary N) is 1. The Balaban J connectivity index is 1.59. The van der Waals surface area contributed by atoms with Crippen molar-refractivity contribution in [3.8, 4) is 5.69 Å². The molecule has 0 radical (unpaired) electrons. The van der Waals surface area contributed by atoms with Crippen molar-refractivity contribution in [3.05, 3.63) is 65.1 Å². The number of nitrogens with zero attached hydrogens (tertiary/aromatic N) is 5. The van der Waals surface area contributed by atoms with Crippen molar-refractivity contribution in [3.63, 3.8) is 0 Å². The summed E-state index contributed by atoms with van der Waals surface area (Å²) < 4.78 is 38.5. The number of hydrogen-bond donors (Lipinski definition) is 1. The van der Waals surface area contributed by atoms with Crippen LogP contribution in [-0.2, 0) is 6.18 Å². The molecule has 2 atom stereocenters. The Morgan fingerprint density at radius 2 is 1.91 bits per heavy atom. The number of carbonyl (C=O) groups excluding carboxylic acids is 1. The summed E-state index contributed by atoms with van der Waals surface area (Å²) in [6.07, 6.45) is 1.35. The van der Waals surface area contributed by atoms with Crippen LogP contribution in [0.4, 0.5) is 19.0 Å². The average Bonchev–Trinajstić information content (AvgIpc) is 3.31. The van der Waals surface area contributed by atoms with Gasteiger partial charge >= 0.3 is 6.18 Å². The minimum absolute atomic E-state index is 0.113. The number of likely N-dealkylation sites (tertiary alicyclic amines) is 1. The Kier molecular flexibility index (Phi) is 6.58. The van der Waals surface area contributed by atoms with Crippen LogP contribution in [0.15, 0.2) is 42.9 Å². The largest absolute Gasteiger partial charge is 0.417 e. The van der Waals surface area contributed by atoms with Gasteiger partial charge in [0.25, 0.3) is 5.91 Å². The molecule has 3 aromatic rings. The van der Waals surface area contributed by atoms with Gasteiger partial charge in [-0.15, -0.1) is 0 Å². The number of alkyl halides is 3. The van der Waals surface area contributed by atoms with E-state index in [0.717, 1.165) is 36.2 Å². The number of halogens is 3. The molecular weight excluding hydrogens is 445 g/mol. The van der Waals surface area contributed by atoms with Crippen LogP contribution < -0.4 is 5.32 Å². The van der Waals surface area contributed by atoms with Gasteiger partial charge in [-0.05, 0) is 61.9 Å². The van der Waals surface area contributed by atoms with Crippen molar-refractivity contribution in [2.75, 3.05) is 18.4 Å². The van der Waals surface area contributed by atoms with Crippen molar-refractivity contribution in [1.82, 2.24) is 24.9 Å². The molecule has 1 aliphatic rings. The van der Waals surface area contributed by atoms with E-state index in [1.54, 1.807) is 12.4 Å². The first-order valence-electron chi connectivity index (χ1n) is 11.2. The zero-order valence-electron chi connectivity index (χ0n) is 19.3. The number of aromatic nitrogens is 4. The van der Waals surface area contributed by atoms with Crippen molar-refractivity contribution in [1.29, 1.82) is 0 Å². The Morgan fingerprint density at radius 1 is 1.18 bits per heavy atom. The molecule has 1 aromatic carbocycles. The molecule has 1 amide bonds. The lowest BCUT2D eigenvalue weighted by Gasteiger charge is -2.40. The third-order valence-electron chi connectivity index (χ3n) is 6.25. The lowest BCUT2D eigenvalue weighted by atomic mass is 9.89. The third kappa shape index (κ3) is 4.90. The molecule has 34 heavy (non-hydrogen) atoms. The van der Waals surface area contributed by atoms with E-state index in [-0.39, 0.29) is 17.9 Å². The van der Waals surface area contributed by atoms with Crippen molar-refractivity contribution < 1.29 is 18.0 Å². The maximum Gasteiger partial charge on any atom is 0.417 e. The minimum atomic E-state index is -4.43. The number of rotatable bonds is 5. The van der Waals surface area contributed by atoms with E-state index in [4.69, 9.17) is 0 Å². The molecule has 1 saturated heterocycles. The second-order valence-electron chi connectivity index (χ2n) is 8.79. The topological polar surface area (TPSA) is 75.9 Å². The van der Waals surface area contributed by atoms with Crippen LogP contribution in [-0.4, -0.2) is 49.9 Å². The fourth-order valence-electron chi connectivity index (χ4n) is 4.56. The summed E-state index contributed by atoms with van der Waals surface area (Å²) in [7, 11) is 0. The lowest BCUT2D eigenvalue weighted by molar-refractivity contribution is -0.137. The van der Waals surface area contributed by atoms with E-state index in [1.165, 1.54) is 10.9 Å². The first kappa shape index (κ1) is 23.7. The fraction of sp³-hybridized carbons (Fsp3) is 0.417. The monoisotopic (exact) mass is 472 g/mol. The van der Waals surface area contributed by atoms with Crippen LogP contribution in [0.5, 0.6) is 0 Å². The summed E-state index contributed by atoms with van der Waals surface area (Å²) in [6.45, 7) is 6.93. The lowest BCUT2D eigenvalue weighted by Crippen LogP contribution is -2.51. The van der Waals surface area contributed by atoms with Crippen molar-refractivity contribution in [2.45, 2.75) is 45.8 Å². The third-order valence-corrected chi connectivity index (χ3v) is 6.25. The molecule has 0 bridgehead atoms. The molecule has 2 unspecified atom stereocenters. The number of piperidine rings is 1. The highest BCUT2D eigenvalue weighted by Crippen LogP contribution is 2.30. The molecule has 2 aromatic heterocycles. The van der Waals surface area contributed by atoms with Crippen LogP contribution in [0.2, 0.25) is 0 Å². The van der Waals surface area contributed by atoms with Gasteiger partial charge in [-0.2, -0.15) is 28.2 Å². The number of hydrogen-bond acceptors (Lipinski definition) is 5. The molecule has 1 fully saturated rings. The van der Waals surface area contributed by atoms with E-state index in [2.05, 4.69) is 27.4 Å². The molecule has 180 valence electrons. The van der Waals surface area contributed by atoms with Crippen LogP contribution in [0.3, 0.4) is 0 Å². The van der Waals surface area contributed by atoms with Gasteiger partial charge in [0.1, 0.15) is 11.5 Å². The first-order chi connectivity index (χ1) is 16.1. The molecule has 0 saturated carbocycles. The van der Waals surface area contributed by atoms with Crippen LogP contribution in [0.25, 0.3) is 5.69 Å². The van der Waals surface area contributed by atoms with Gasteiger partial charge in [-0.1, -0.05) is 13.0 Å². The van der Waals surface area contributed by atoms with Crippen molar-refractivity contribution >= 4 is 11.7 Å². The molecule has 0 spiro atoms. The summed E-state index contributed by atoms with van der Waals surface area (Å²) in [4.78, 5) is 21.1. The summed E-state index contributed by atoms with van der Waals surface area (Å²) in [6, 6.07) is 6.01. The number of benzene rings is 1. The second kappa shape index (κ2) is 9.44. The SMILES string of the molecule is Cc1cc(C)c(-n2nccn2)c(C(=O)N2CCCC(C)C2CNc2ccc(C(F)(F)F)cn2)c1. The summed E-state index contributed by atoms with van der Waals surface area (Å²) in [5.41, 5.74) is 2.24. The molecule has 4 rings (SSSR count). The van der Waals surface area contributed by atoms with Crippen LogP contribution in [0, 0.1) is 19.8 Å². The molecular formula is C24H27F3N6O. The quantitative estimate of drug-likeness (QED) is 0.585. The predicted molar refractivity (Wildman–Crippen MR) is 122 cm³/mol. The van der Waals surface area contributed by atoms with E-state index >= 15 is 0 Å². The smallest absolute Gasteiger partial charge is 0.368 e. The molecule has 3 heterocycles. The standard InChI is InChI=1S/C24H27F3N6O/c1-15-11-17(3)22(33-30-8-9-31-33)19(12-15)23(34)32-10-4-5-16(2)20(32)14-29-21-7-6-18(13-28-21)24(25,26)27/h6-9,11-13,16,20H,4-5,10,14H2,1-3H3,(H,28,29). The minimum Gasteiger partial charge on any atom is -0.368 e. The maximum absolute atomic E-state index is 13.8. The Morgan fingerprint density at radius 3 is 2.56 bits per heavy atom. The maximum atomic E-state index is 13.8. The number of anilines is 1. The second-order valence-corrected chi connectivity index (χ2v) is 8.79. The van der Waals surface area contributed by atoms with Gasteiger partial charge in [0.2, 0.25) is 0 Å². The molecule has 0 aliphatic carbocycles. The van der Waals surface area contributed by atoms with Crippen LogP contribution in [0.1, 0.15) is 46.8 Å². The number of pyridine rings is 1. The molecule has 1 N–H and O–H groups in total. The van der Waals surface area contributed by atoms with E-state index in [9.17, 15) is 18.0 Å². The van der Waals surface area contributed by atoms with E-state index < -0.39 is 11.7 Å². The van der Waals surface area contributed by atoms with Gasteiger partial charge in [0.05, 0.1) is 29.6 Å². The predicted octanol–water partition coefficient (Wildman–Crippen LogP) is 4.65. The Labute approximate surface area is 196 Å². The number of amides is 1. The zero-order valence-corrected chi connectivity index (χ0v) is 19.3. The first-order valence-corrected chi connectivity index (χ1v) is 11.2. The highest BCUT2D eigenvalue weighted by Gasteiger charge is 2.34.